The van der Waals surface area contributed by atoms with Crippen LogP contribution in [0.4, 0.5) is 0 Å². The van der Waals surface area contributed by atoms with Crippen molar-refractivity contribution in [2.75, 3.05) is 0 Å². The van der Waals surface area contributed by atoms with Crippen LogP contribution in [-0.2, 0) is 6.54 Å². The van der Waals surface area contributed by atoms with Gasteiger partial charge in [0.05, 0.1) is 11.3 Å². The fourth-order valence-corrected chi connectivity index (χ4v) is 1.21. The van der Waals surface area contributed by atoms with Gasteiger partial charge in [-0.05, 0) is 19.9 Å². The number of nitrogens with two attached hydrogens (primary N) is 1. The smallest absolute Gasteiger partial charge is 0.277 e. The molecule has 0 saturated heterocycles. The summed E-state index contributed by atoms with van der Waals surface area (Å²) in [4.78, 5) is 11.6. The van der Waals surface area contributed by atoms with Gasteiger partial charge in [0, 0.05) is 6.54 Å². The Morgan fingerprint density at radius 1 is 1.77 bits per heavy atom. The quantitative estimate of drug-likeness (QED) is 0.688. The van der Waals surface area contributed by atoms with Gasteiger partial charge in [-0.1, -0.05) is 12.2 Å². The van der Waals surface area contributed by atoms with E-state index in [0.717, 1.165) is 5.69 Å². The summed E-state index contributed by atoms with van der Waals surface area (Å²) >= 11 is 4.75. The van der Waals surface area contributed by atoms with Gasteiger partial charge in [0.25, 0.3) is 5.56 Å². The molecular formula is C8H11N3OS. The van der Waals surface area contributed by atoms with Gasteiger partial charge in [-0.15, -0.1) is 0 Å². The largest absolute Gasteiger partial charge is 0.389 e. The number of thiocarbonyl (C=S) groups is 1. The van der Waals surface area contributed by atoms with Crippen LogP contribution in [0.1, 0.15) is 18.2 Å². The zero-order valence-electron chi connectivity index (χ0n) is 7.57. The van der Waals surface area contributed by atoms with Crippen molar-refractivity contribution >= 4 is 17.2 Å². The Labute approximate surface area is 81.4 Å². The molecule has 0 radical (unpaired) electrons. The third-order valence-corrected chi connectivity index (χ3v) is 1.88. The zero-order chi connectivity index (χ0) is 10.0. The standard InChI is InChI=1S/C8H11N3OS/c1-3-11-8(12)6(7(9)13)4-5(2)10-11/h4H,3H2,1-2H3,(H2,9,13). The summed E-state index contributed by atoms with van der Waals surface area (Å²) in [6.45, 7) is 4.17. The van der Waals surface area contributed by atoms with Gasteiger partial charge in [-0.3, -0.25) is 4.79 Å². The molecule has 0 fully saturated rings. The molecule has 0 spiro atoms. The topological polar surface area (TPSA) is 60.9 Å². The molecular weight excluding hydrogens is 186 g/mol. The van der Waals surface area contributed by atoms with E-state index < -0.39 is 0 Å². The number of aryl methyl sites for hydroxylation is 2. The lowest BCUT2D eigenvalue weighted by molar-refractivity contribution is 0.605. The van der Waals surface area contributed by atoms with E-state index >= 15 is 0 Å². The van der Waals surface area contributed by atoms with Gasteiger partial charge in [0.1, 0.15) is 4.99 Å². The van der Waals surface area contributed by atoms with Gasteiger partial charge in [0.2, 0.25) is 0 Å². The SMILES string of the molecule is CCn1nc(C)cc(C(N)=S)c1=O. The average molecular weight is 197 g/mol. The van der Waals surface area contributed by atoms with Crippen molar-refractivity contribution in [2.45, 2.75) is 20.4 Å². The molecule has 5 heteroatoms. The first-order valence-electron chi connectivity index (χ1n) is 3.94. The van der Waals surface area contributed by atoms with E-state index in [9.17, 15) is 4.79 Å². The molecule has 0 aliphatic rings. The molecule has 0 saturated carbocycles. The third-order valence-electron chi connectivity index (χ3n) is 1.66. The van der Waals surface area contributed by atoms with Crippen molar-refractivity contribution in [3.63, 3.8) is 0 Å². The van der Waals surface area contributed by atoms with E-state index in [1.165, 1.54) is 4.68 Å². The molecule has 0 unspecified atom stereocenters. The Morgan fingerprint density at radius 2 is 2.38 bits per heavy atom. The predicted molar refractivity (Wildman–Crippen MR) is 54.8 cm³/mol. The van der Waals surface area contributed by atoms with E-state index in [1.54, 1.807) is 13.0 Å². The lowest BCUT2D eigenvalue weighted by atomic mass is 10.2. The highest BCUT2D eigenvalue weighted by atomic mass is 32.1. The van der Waals surface area contributed by atoms with Crippen molar-refractivity contribution in [1.29, 1.82) is 0 Å². The second kappa shape index (κ2) is 3.66. The maximum absolute atomic E-state index is 11.5. The van der Waals surface area contributed by atoms with Crippen molar-refractivity contribution < 1.29 is 0 Å². The summed E-state index contributed by atoms with van der Waals surface area (Å²) in [7, 11) is 0. The third kappa shape index (κ3) is 1.92. The van der Waals surface area contributed by atoms with E-state index in [-0.39, 0.29) is 10.5 Å². The number of nitrogens with zero attached hydrogens (tertiary/aromatic N) is 2. The van der Waals surface area contributed by atoms with Crippen LogP contribution in [0.5, 0.6) is 0 Å². The first-order valence-corrected chi connectivity index (χ1v) is 4.35. The molecule has 0 aliphatic heterocycles. The van der Waals surface area contributed by atoms with Gasteiger partial charge in [0.15, 0.2) is 0 Å². The molecule has 0 aromatic carbocycles. The van der Waals surface area contributed by atoms with Crippen LogP contribution < -0.4 is 11.3 Å². The van der Waals surface area contributed by atoms with Crippen LogP contribution in [0.2, 0.25) is 0 Å². The fraction of sp³-hybridized carbons (Fsp3) is 0.375. The molecule has 1 aromatic rings. The number of rotatable bonds is 2. The van der Waals surface area contributed by atoms with Crippen LogP contribution in [0.15, 0.2) is 10.9 Å². The molecule has 4 nitrogen and oxygen atoms in total. The first-order chi connectivity index (χ1) is 6.06. The molecule has 70 valence electrons. The Hall–Kier alpha value is -1.23. The predicted octanol–water partition coefficient (Wildman–Crippen LogP) is 0.206. The second-order valence-electron chi connectivity index (χ2n) is 2.68. The summed E-state index contributed by atoms with van der Waals surface area (Å²) in [5.74, 6) is 0. The normalized spacial score (nSPS) is 10.0. The minimum atomic E-state index is -0.222. The maximum Gasteiger partial charge on any atom is 0.277 e. The fourth-order valence-electron chi connectivity index (χ4n) is 1.07. The van der Waals surface area contributed by atoms with Crippen LogP contribution in [0.3, 0.4) is 0 Å². The highest BCUT2D eigenvalue weighted by Crippen LogP contribution is 1.94. The number of hydrogen-bond donors (Lipinski definition) is 1. The number of hydrogen-bond acceptors (Lipinski definition) is 3. The van der Waals surface area contributed by atoms with Gasteiger partial charge in [-0.25, -0.2) is 4.68 Å². The first kappa shape index (κ1) is 9.85. The van der Waals surface area contributed by atoms with Gasteiger partial charge in [-0.2, -0.15) is 5.10 Å². The van der Waals surface area contributed by atoms with Crippen LogP contribution in [0, 0.1) is 6.92 Å². The lowest BCUT2D eigenvalue weighted by Gasteiger charge is -2.04. The molecule has 1 aromatic heterocycles. The Balaban J connectivity index is 3.45. The molecule has 1 heterocycles. The monoisotopic (exact) mass is 197 g/mol. The average Bonchev–Trinajstić information content (AvgIpc) is 2.08. The molecule has 0 bridgehead atoms. The molecule has 0 amide bonds. The maximum atomic E-state index is 11.5. The van der Waals surface area contributed by atoms with Crippen molar-refractivity contribution in [3.8, 4) is 0 Å². The Bertz CT molecular complexity index is 397. The summed E-state index contributed by atoms with van der Waals surface area (Å²) in [6.07, 6.45) is 0. The highest BCUT2D eigenvalue weighted by molar-refractivity contribution is 7.80. The minimum absolute atomic E-state index is 0.123. The van der Waals surface area contributed by atoms with E-state index in [4.69, 9.17) is 18.0 Å². The molecule has 1 rings (SSSR count). The zero-order valence-corrected chi connectivity index (χ0v) is 8.39. The number of aromatic nitrogens is 2. The van der Waals surface area contributed by atoms with Crippen LogP contribution in [0.25, 0.3) is 0 Å². The molecule has 13 heavy (non-hydrogen) atoms. The van der Waals surface area contributed by atoms with Crippen molar-refractivity contribution in [2.24, 2.45) is 5.73 Å². The summed E-state index contributed by atoms with van der Waals surface area (Å²) in [6, 6.07) is 1.61. The van der Waals surface area contributed by atoms with E-state index in [1.807, 2.05) is 6.92 Å². The summed E-state index contributed by atoms with van der Waals surface area (Å²) < 4.78 is 1.35. The van der Waals surface area contributed by atoms with Crippen molar-refractivity contribution in [3.05, 3.63) is 27.7 Å². The van der Waals surface area contributed by atoms with E-state index in [2.05, 4.69) is 5.10 Å². The Kier molecular flexibility index (Phi) is 2.77. The van der Waals surface area contributed by atoms with Crippen molar-refractivity contribution in [1.82, 2.24) is 9.78 Å². The highest BCUT2D eigenvalue weighted by Gasteiger charge is 2.06. The summed E-state index contributed by atoms with van der Waals surface area (Å²) in [5.41, 5.74) is 6.28. The lowest BCUT2D eigenvalue weighted by Crippen LogP contribution is -2.30. The van der Waals surface area contributed by atoms with Gasteiger partial charge < -0.3 is 5.73 Å². The minimum Gasteiger partial charge on any atom is -0.389 e. The van der Waals surface area contributed by atoms with Crippen LogP contribution in [-0.4, -0.2) is 14.8 Å². The summed E-state index contributed by atoms with van der Waals surface area (Å²) in [5, 5.41) is 4.02. The molecule has 2 N–H and O–H groups in total. The van der Waals surface area contributed by atoms with E-state index in [0.29, 0.717) is 12.1 Å². The Morgan fingerprint density at radius 3 is 2.85 bits per heavy atom. The molecule has 0 atom stereocenters. The van der Waals surface area contributed by atoms with Gasteiger partial charge >= 0.3 is 0 Å². The van der Waals surface area contributed by atoms with Crippen LogP contribution >= 0.6 is 12.2 Å². The second-order valence-corrected chi connectivity index (χ2v) is 3.12. The molecule has 0 aliphatic carbocycles.